The highest BCUT2D eigenvalue weighted by atomic mass is 32.1. The summed E-state index contributed by atoms with van der Waals surface area (Å²) in [5.41, 5.74) is 1.05. The SMILES string of the molecule is O=C(Cc1ccc(S)cc1)NC1CCN2CCCCC12. The molecule has 1 N–H and O–H groups in total. The third kappa shape index (κ3) is 3.18. The molecule has 4 heteroatoms. The number of carbonyl (C=O) groups excluding carboxylic acids is 1. The molecule has 3 rings (SSSR count). The zero-order valence-corrected chi connectivity index (χ0v) is 12.6. The summed E-state index contributed by atoms with van der Waals surface area (Å²) in [7, 11) is 0. The number of piperidine rings is 1. The molecule has 3 nitrogen and oxygen atoms in total. The lowest BCUT2D eigenvalue weighted by molar-refractivity contribution is -0.121. The highest BCUT2D eigenvalue weighted by molar-refractivity contribution is 7.80. The second-order valence-corrected chi connectivity index (χ2v) is 6.42. The van der Waals surface area contributed by atoms with Crippen LogP contribution in [0.4, 0.5) is 0 Å². The molecule has 2 atom stereocenters. The molecule has 20 heavy (non-hydrogen) atoms. The molecule has 2 aliphatic rings. The number of nitrogens with zero attached hydrogens (tertiary/aromatic N) is 1. The van der Waals surface area contributed by atoms with Crippen molar-refractivity contribution in [1.29, 1.82) is 0 Å². The lowest BCUT2D eigenvalue weighted by Gasteiger charge is -2.32. The number of carbonyl (C=O) groups is 1. The largest absolute Gasteiger partial charge is 0.351 e. The fourth-order valence-electron chi connectivity index (χ4n) is 3.47. The number of benzene rings is 1. The van der Waals surface area contributed by atoms with Gasteiger partial charge in [0, 0.05) is 23.5 Å². The van der Waals surface area contributed by atoms with Crippen LogP contribution in [0.5, 0.6) is 0 Å². The van der Waals surface area contributed by atoms with Gasteiger partial charge >= 0.3 is 0 Å². The topological polar surface area (TPSA) is 32.3 Å². The summed E-state index contributed by atoms with van der Waals surface area (Å²) in [6, 6.07) is 8.75. The third-order valence-electron chi connectivity index (χ3n) is 4.50. The van der Waals surface area contributed by atoms with E-state index in [2.05, 4.69) is 22.8 Å². The zero-order chi connectivity index (χ0) is 13.9. The molecule has 0 aromatic heterocycles. The Labute approximate surface area is 126 Å². The Balaban J connectivity index is 1.55. The van der Waals surface area contributed by atoms with Crippen molar-refractivity contribution in [2.75, 3.05) is 13.1 Å². The lowest BCUT2D eigenvalue weighted by Crippen LogP contribution is -2.47. The van der Waals surface area contributed by atoms with Crippen LogP contribution in [-0.4, -0.2) is 36.0 Å². The van der Waals surface area contributed by atoms with Crippen molar-refractivity contribution >= 4 is 18.5 Å². The van der Waals surface area contributed by atoms with Crippen LogP contribution in [0.2, 0.25) is 0 Å². The van der Waals surface area contributed by atoms with E-state index in [1.165, 1.54) is 25.8 Å². The van der Waals surface area contributed by atoms with Crippen LogP contribution in [0, 0.1) is 0 Å². The first kappa shape index (κ1) is 14.0. The van der Waals surface area contributed by atoms with Gasteiger partial charge in [-0.15, -0.1) is 12.6 Å². The molecule has 0 radical (unpaired) electrons. The number of rotatable bonds is 3. The number of hydrogen-bond acceptors (Lipinski definition) is 3. The molecule has 0 saturated carbocycles. The maximum absolute atomic E-state index is 12.2. The van der Waals surface area contributed by atoms with Crippen molar-refractivity contribution in [3.63, 3.8) is 0 Å². The average molecular weight is 290 g/mol. The van der Waals surface area contributed by atoms with Crippen molar-refractivity contribution < 1.29 is 4.79 Å². The Kier molecular flexibility index (Phi) is 4.32. The molecule has 0 bridgehead atoms. The molecule has 0 aliphatic carbocycles. The van der Waals surface area contributed by atoms with Gasteiger partial charge in [-0.3, -0.25) is 9.69 Å². The maximum Gasteiger partial charge on any atom is 0.224 e. The van der Waals surface area contributed by atoms with Gasteiger partial charge in [0.15, 0.2) is 0 Å². The Morgan fingerprint density at radius 1 is 1.20 bits per heavy atom. The second kappa shape index (κ2) is 6.19. The first-order valence-corrected chi connectivity index (χ1v) is 7.98. The maximum atomic E-state index is 12.2. The van der Waals surface area contributed by atoms with Gasteiger partial charge in [-0.1, -0.05) is 18.6 Å². The summed E-state index contributed by atoms with van der Waals surface area (Å²) in [6.45, 7) is 2.35. The van der Waals surface area contributed by atoms with Crippen LogP contribution < -0.4 is 5.32 Å². The van der Waals surface area contributed by atoms with E-state index in [1.807, 2.05) is 24.3 Å². The molecule has 2 aliphatic heterocycles. The summed E-state index contributed by atoms with van der Waals surface area (Å²) in [5, 5.41) is 3.24. The van der Waals surface area contributed by atoms with Crippen LogP contribution >= 0.6 is 12.6 Å². The molecule has 1 aromatic rings. The van der Waals surface area contributed by atoms with Gasteiger partial charge in [0.05, 0.1) is 6.42 Å². The van der Waals surface area contributed by atoms with Gasteiger partial charge in [-0.25, -0.2) is 0 Å². The molecular formula is C16H22N2OS. The van der Waals surface area contributed by atoms with Crippen molar-refractivity contribution in [2.45, 2.75) is 49.1 Å². The molecule has 1 amide bonds. The minimum absolute atomic E-state index is 0.148. The third-order valence-corrected chi connectivity index (χ3v) is 4.80. The van der Waals surface area contributed by atoms with Crippen molar-refractivity contribution in [1.82, 2.24) is 10.2 Å². The van der Waals surface area contributed by atoms with Crippen LogP contribution in [0.1, 0.15) is 31.2 Å². The fraction of sp³-hybridized carbons (Fsp3) is 0.562. The Bertz CT molecular complexity index is 474. The van der Waals surface area contributed by atoms with Gasteiger partial charge < -0.3 is 5.32 Å². The van der Waals surface area contributed by atoms with Crippen molar-refractivity contribution in [3.05, 3.63) is 29.8 Å². The smallest absolute Gasteiger partial charge is 0.224 e. The van der Waals surface area contributed by atoms with Crippen LogP contribution in [0.25, 0.3) is 0 Å². The molecule has 2 fully saturated rings. The molecule has 108 valence electrons. The van der Waals surface area contributed by atoms with Gasteiger partial charge in [0.25, 0.3) is 0 Å². The number of fused-ring (bicyclic) bond motifs is 1. The number of amides is 1. The number of thiol groups is 1. The zero-order valence-electron chi connectivity index (χ0n) is 11.7. The van der Waals surface area contributed by atoms with Crippen molar-refractivity contribution in [3.8, 4) is 0 Å². The average Bonchev–Trinajstić information content (AvgIpc) is 2.85. The van der Waals surface area contributed by atoms with E-state index in [-0.39, 0.29) is 5.91 Å². The molecule has 2 unspecified atom stereocenters. The normalized spacial score (nSPS) is 26.2. The summed E-state index contributed by atoms with van der Waals surface area (Å²) in [5.74, 6) is 0.148. The van der Waals surface area contributed by atoms with Gasteiger partial charge in [-0.05, 0) is 43.5 Å². The molecule has 1 aromatic carbocycles. The van der Waals surface area contributed by atoms with E-state index in [9.17, 15) is 4.79 Å². The fourth-order valence-corrected chi connectivity index (χ4v) is 3.62. The molecule has 2 saturated heterocycles. The monoisotopic (exact) mass is 290 g/mol. The number of nitrogens with one attached hydrogen (secondary N) is 1. The van der Waals surface area contributed by atoms with E-state index >= 15 is 0 Å². The Hall–Kier alpha value is -1.00. The first-order valence-electron chi connectivity index (χ1n) is 7.54. The quantitative estimate of drug-likeness (QED) is 0.837. The van der Waals surface area contributed by atoms with Crippen molar-refractivity contribution in [2.24, 2.45) is 0 Å². The van der Waals surface area contributed by atoms with Gasteiger partial charge in [-0.2, -0.15) is 0 Å². The minimum atomic E-state index is 0.148. The Morgan fingerprint density at radius 2 is 2.00 bits per heavy atom. The van der Waals surface area contributed by atoms with Crippen LogP contribution in [-0.2, 0) is 11.2 Å². The highest BCUT2D eigenvalue weighted by Gasteiger charge is 2.35. The van der Waals surface area contributed by atoms with Crippen LogP contribution in [0.15, 0.2) is 29.2 Å². The van der Waals surface area contributed by atoms with Gasteiger partial charge in [0.1, 0.15) is 0 Å². The molecule has 2 heterocycles. The molecule has 0 spiro atoms. The van der Waals surface area contributed by atoms with E-state index in [1.54, 1.807) is 0 Å². The van der Waals surface area contributed by atoms with E-state index in [4.69, 9.17) is 0 Å². The summed E-state index contributed by atoms with van der Waals surface area (Å²) >= 11 is 4.26. The van der Waals surface area contributed by atoms with Crippen LogP contribution in [0.3, 0.4) is 0 Å². The molecular weight excluding hydrogens is 268 g/mol. The summed E-state index contributed by atoms with van der Waals surface area (Å²) in [6.07, 6.45) is 5.42. The minimum Gasteiger partial charge on any atom is -0.351 e. The van der Waals surface area contributed by atoms with E-state index in [0.717, 1.165) is 23.4 Å². The Morgan fingerprint density at radius 3 is 2.80 bits per heavy atom. The standard InChI is InChI=1S/C16H22N2OS/c19-16(11-12-4-6-13(20)7-5-12)17-14-8-10-18-9-2-1-3-15(14)18/h4-7,14-15,20H,1-3,8-11H2,(H,17,19). The van der Waals surface area contributed by atoms with E-state index in [0.29, 0.717) is 18.5 Å². The highest BCUT2D eigenvalue weighted by Crippen LogP contribution is 2.27. The number of hydrogen-bond donors (Lipinski definition) is 2. The second-order valence-electron chi connectivity index (χ2n) is 5.91. The predicted octanol–water partition coefficient (Wildman–Crippen LogP) is 2.26. The predicted molar refractivity (Wildman–Crippen MR) is 83.2 cm³/mol. The summed E-state index contributed by atoms with van der Waals surface area (Å²) in [4.78, 5) is 15.7. The first-order chi connectivity index (χ1) is 9.72. The van der Waals surface area contributed by atoms with Gasteiger partial charge in [0.2, 0.25) is 5.91 Å². The summed E-state index contributed by atoms with van der Waals surface area (Å²) < 4.78 is 0. The lowest BCUT2D eigenvalue weighted by atomic mass is 9.99. The van der Waals surface area contributed by atoms with E-state index < -0.39 is 0 Å².